The Hall–Kier alpha value is -3.48. The molecule has 1 aliphatic heterocycles. The van der Waals surface area contributed by atoms with Crippen LogP contribution in [-0.2, 0) is 0 Å². The van der Waals surface area contributed by atoms with E-state index in [0.29, 0.717) is 17.8 Å². The van der Waals surface area contributed by atoms with Gasteiger partial charge >= 0.3 is 0 Å². The van der Waals surface area contributed by atoms with Crippen molar-refractivity contribution < 1.29 is 19.8 Å². The van der Waals surface area contributed by atoms with Crippen LogP contribution in [0.4, 0.5) is 5.69 Å². The number of carbonyl (C=O) groups excluding carboxylic acids is 2. The lowest BCUT2D eigenvalue weighted by Gasteiger charge is -2.31. The fraction of sp³-hybridized carbons (Fsp3) is 0.310. The molecule has 1 heterocycles. The molecule has 0 atom stereocenters. The number of aldehydes is 1. The summed E-state index contributed by atoms with van der Waals surface area (Å²) in [6.45, 7) is 4.48. The highest BCUT2D eigenvalue weighted by Crippen LogP contribution is 2.30. The standard InChI is InChI=1S/C15H15NO.C14H19NO3/c1-11(17)14-9-8-13(10-15(14)16-2)12-6-4-3-5-7-12;16-8-7-15-5-3-11(4-6-15)12-1-2-14(18)13(9-12)10-17/h3-10,16H,1-2H3;1-2,9-11,16,18H,3-8H2. The van der Waals surface area contributed by atoms with Gasteiger partial charge in [-0.15, -0.1) is 0 Å². The maximum absolute atomic E-state index is 11.4. The number of Topliss-reactive ketones (excluding diaryl/α,β-unsaturated/α-hetero) is 1. The summed E-state index contributed by atoms with van der Waals surface area (Å²) in [5.74, 6) is 0.569. The number of hydrogen-bond donors (Lipinski definition) is 3. The summed E-state index contributed by atoms with van der Waals surface area (Å²) < 4.78 is 0. The molecule has 0 aromatic heterocycles. The molecule has 35 heavy (non-hydrogen) atoms. The van der Waals surface area contributed by atoms with Gasteiger partial charge in [-0.3, -0.25) is 9.59 Å². The van der Waals surface area contributed by atoms with Crippen LogP contribution < -0.4 is 5.32 Å². The highest BCUT2D eigenvalue weighted by Gasteiger charge is 2.20. The Kier molecular flexibility index (Phi) is 9.58. The van der Waals surface area contributed by atoms with Gasteiger partial charge in [-0.2, -0.15) is 0 Å². The van der Waals surface area contributed by atoms with Gasteiger partial charge in [-0.05, 0) is 79.7 Å². The Morgan fingerprint density at radius 1 is 1.03 bits per heavy atom. The van der Waals surface area contributed by atoms with Crippen molar-refractivity contribution in [1.29, 1.82) is 0 Å². The van der Waals surface area contributed by atoms with Gasteiger partial charge in [0.1, 0.15) is 5.75 Å². The molecule has 0 aliphatic carbocycles. The lowest BCUT2D eigenvalue weighted by atomic mass is 9.88. The maximum atomic E-state index is 11.4. The van der Waals surface area contributed by atoms with Crippen molar-refractivity contribution in [3.05, 3.63) is 83.4 Å². The topological polar surface area (TPSA) is 89.9 Å². The minimum atomic E-state index is 0.0477. The fourth-order valence-electron chi connectivity index (χ4n) is 4.42. The molecule has 1 aliphatic rings. The van der Waals surface area contributed by atoms with Gasteiger partial charge in [0.25, 0.3) is 0 Å². The first-order valence-corrected chi connectivity index (χ1v) is 12.0. The summed E-state index contributed by atoms with van der Waals surface area (Å²) in [7, 11) is 1.83. The molecule has 0 spiro atoms. The SMILES string of the molecule is CNc1cc(-c2ccccc2)ccc1C(C)=O.O=Cc1cc(C2CCN(CCO)CC2)ccc1O. The van der Waals surface area contributed by atoms with Crippen LogP contribution in [0.15, 0.2) is 66.7 Å². The lowest BCUT2D eigenvalue weighted by molar-refractivity contribution is 0.101. The van der Waals surface area contributed by atoms with Gasteiger partial charge < -0.3 is 20.4 Å². The third kappa shape index (κ3) is 7.01. The highest BCUT2D eigenvalue weighted by molar-refractivity contribution is 6.00. The molecule has 0 radical (unpaired) electrons. The van der Waals surface area contributed by atoms with Crippen LogP contribution in [-0.4, -0.2) is 60.5 Å². The van der Waals surface area contributed by atoms with E-state index in [4.69, 9.17) is 5.11 Å². The number of aliphatic hydroxyl groups excluding tert-OH is 1. The number of rotatable bonds is 7. The molecule has 0 saturated carbocycles. The van der Waals surface area contributed by atoms with Crippen LogP contribution >= 0.6 is 0 Å². The number of β-amino-alcohol motifs (C(OH)–C–C–N with tert-alkyl or cyclic N) is 1. The van der Waals surface area contributed by atoms with Crippen LogP contribution in [0.2, 0.25) is 0 Å². The molecular formula is C29H34N2O4. The Morgan fingerprint density at radius 2 is 1.74 bits per heavy atom. The third-order valence-corrected chi connectivity index (χ3v) is 6.43. The van der Waals surface area contributed by atoms with Crippen molar-refractivity contribution in [2.24, 2.45) is 0 Å². The predicted octanol–water partition coefficient (Wildman–Crippen LogP) is 4.97. The molecule has 3 aromatic rings. The Morgan fingerprint density at radius 3 is 2.34 bits per heavy atom. The number of likely N-dealkylation sites (tertiary alicyclic amines) is 1. The second-order valence-corrected chi connectivity index (χ2v) is 8.71. The summed E-state index contributed by atoms with van der Waals surface area (Å²) >= 11 is 0. The summed E-state index contributed by atoms with van der Waals surface area (Å²) in [5.41, 5.74) is 5.36. The molecule has 6 heteroatoms. The molecule has 184 valence electrons. The highest BCUT2D eigenvalue weighted by atomic mass is 16.3. The number of nitrogens with zero attached hydrogens (tertiary/aromatic N) is 1. The molecule has 0 amide bonds. The number of piperidine rings is 1. The summed E-state index contributed by atoms with van der Waals surface area (Å²) in [6, 6.07) is 21.3. The smallest absolute Gasteiger partial charge is 0.161 e. The minimum Gasteiger partial charge on any atom is -0.507 e. The number of aliphatic hydroxyl groups is 1. The van der Waals surface area contributed by atoms with Crippen LogP contribution in [0.1, 0.15) is 52.0 Å². The average Bonchev–Trinajstić information content (AvgIpc) is 2.90. The molecule has 4 rings (SSSR count). The Balaban J connectivity index is 0.000000196. The maximum Gasteiger partial charge on any atom is 0.161 e. The van der Waals surface area contributed by atoms with Crippen molar-refractivity contribution >= 4 is 17.8 Å². The number of anilines is 1. The van der Waals surface area contributed by atoms with Gasteiger partial charge in [-0.25, -0.2) is 0 Å². The number of aromatic hydroxyl groups is 1. The predicted molar refractivity (Wildman–Crippen MR) is 140 cm³/mol. The quantitative estimate of drug-likeness (QED) is 0.331. The minimum absolute atomic E-state index is 0.0477. The van der Waals surface area contributed by atoms with Crippen LogP contribution in [0.25, 0.3) is 11.1 Å². The van der Waals surface area contributed by atoms with Gasteiger partial charge in [0, 0.05) is 24.8 Å². The number of phenolic OH excluding ortho intramolecular Hbond substituents is 1. The van der Waals surface area contributed by atoms with Crippen LogP contribution in [0, 0.1) is 0 Å². The van der Waals surface area contributed by atoms with Crippen molar-refractivity contribution in [1.82, 2.24) is 4.90 Å². The zero-order valence-corrected chi connectivity index (χ0v) is 20.4. The number of ketones is 1. The van der Waals surface area contributed by atoms with E-state index in [1.807, 2.05) is 49.5 Å². The van der Waals surface area contributed by atoms with E-state index in [0.717, 1.165) is 60.4 Å². The van der Waals surface area contributed by atoms with Crippen molar-refractivity contribution in [3.8, 4) is 16.9 Å². The van der Waals surface area contributed by atoms with E-state index >= 15 is 0 Å². The van der Waals surface area contributed by atoms with E-state index in [2.05, 4.69) is 22.3 Å². The summed E-state index contributed by atoms with van der Waals surface area (Å²) in [6.07, 6.45) is 2.76. The van der Waals surface area contributed by atoms with E-state index in [9.17, 15) is 14.7 Å². The Bertz CT molecular complexity index is 1120. The number of benzene rings is 3. The van der Waals surface area contributed by atoms with E-state index < -0.39 is 0 Å². The zero-order chi connectivity index (χ0) is 25.2. The number of hydrogen-bond acceptors (Lipinski definition) is 6. The van der Waals surface area contributed by atoms with Gasteiger partial charge in [0.2, 0.25) is 0 Å². The molecular weight excluding hydrogens is 440 g/mol. The third-order valence-electron chi connectivity index (χ3n) is 6.43. The van der Waals surface area contributed by atoms with E-state index in [1.165, 1.54) is 0 Å². The molecule has 3 N–H and O–H groups in total. The first-order valence-electron chi connectivity index (χ1n) is 12.0. The van der Waals surface area contributed by atoms with Crippen LogP contribution in [0.3, 0.4) is 0 Å². The first kappa shape index (κ1) is 26.1. The monoisotopic (exact) mass is 474 g/mol. The number of nitrogens with one attached hydrogen (secondary N) is 1. The second kappa shape index (κ2) is 12.8. The van der Waals surface area contributed by atoms with E-state index in [-0.39, 0.29) is 18.1 Å². The van der Waals surface area contributed by atoms with E-state index in [1.54, 1.807) is 19.1 Å². The Labute approximate surface area is 207 Å². The number of carbonyl (C=O) groups is 2. The zero-order valence-electron chi connectivity index (χ0n) is 20.4. The molecule has 1 fully saturated rings. The summed E-state index contributed by atoms with van der Waals surface area (Å²) in [4.78, 5) is 24.5. The first-order chi connectivity index (χ1) is 17.0. The molecule has 0 bridgehead atoms. The molecule has 3 aromatic carbocycles. The molecule has 6 nitrogen and oxygen atoms in total. The van der Waals surface area contributed by atoms with Crippen molar-refractivity contribution in [3.63, 3.8) is 0 Å². The summed E-state index contributed by atoms with van der Waals surface area (Å²) in [5, 5.41) is 21.4. The average molecular weight is 475 g/mol. The van der Waals surface area contributed by atoms with Crippen molar-refractivity contribution in [2.75, 3.05) is 38.6 Å². The fourth-order valence-corrected chi connectivity index (χ4v) is 4.42. The van der Waals surface area contributed by atoms with Gasteiger partial charge in [-0.1, -0.05) is 42.5 Å². The lowest BCUT2D eigenvalue weighted by Crippen LogP contribution is -2.34. The largest absolute Gasteiger partial charge is 0.507 e. The molecule has 0 unspecified atom stereocenters. The van der Waals surface area contributed by atoms with Gasteiger partial charge in [0.15, 0.2) is 12.1 Å². The van der Waals surface area contributed by atoms with Gasteiger partial charge in [0.05, 0.1) is 12.2 Å². The normalized spacial score (nSPS) is 14.0. The second-order valence-electron chi connectivity index (χ2n) is 8.71. The van der Waals surface area contributed by atoms with Crippen LogP contribution in [0.5, 0.6) is 5.75 Å². The van der Waals surface area contributed by atoms with Crippen molar-refractivity contribution in [2.45, 2.75) is 25.7 Å². The molecule has 1 saturated heterocycles. The number of phenols is 1.